The van der Waals surface area contributed by atoms with Crippen LogP contribution in [0.1, 0.15) is 0 Å². The molecule has 0 radical (unpaired) electrons. The van der Waals surface area contributed by atoms with E-state index in [1.54, 1.807) is 18.2 Å². The van der Waals surface area contributed by atoms with Gasteiger partial charge in [-0.2, -0.15) is 0 Å². The molecule has 26 heavy (non-hydrogen) atoms. The van der Waals surface area contributed by atoms with Gasteiger partial charge in [0.15, 0.2) is 0 Å². The maximum Gasteiger partial charge on any atom is 0.271 e. The number of nitro benzene ring substituents is 1. The minimum Gasteiger partial charge on any atom is -0.495 e. The predicted molar refractivity (Wildman–Crippen MR) is 96.9 cm³/mol. The molecular formula is C16H17N3O6S. The molecule has 2 aromatic carbocycles. The summed E-state index contributed by atoms with van der Waals surface area (Å²) in [6, 6.07) is 11.7. The molecule has 0 heterocycles. The zero-order chi connectivity index (χ0) is 19.3. The third kappa shape index (κ3) is 4.70. The number of anilines is 2. The van der Waals surface area contributed by atoms with Crippen molar-refractivity contribution in [2.24, 2.45) is 0 Å². The van der Waals surface area contributed by atoms with Crippen LogP contribution < -0.4 is 14.4 Å². The van der Waals surface area contributed by atoms with Gasteiger partial charge < -0.3 is 10.1 Å². The van der Waals surface area contributed by atoms with Gasteiger partial charge in [0.25, 0.3) is 5.69 Å². The van der Waals surface area contributed by atoms with Crippen molar-refractivity contribution in [2.45, 2.75) is 0 Å². The van der Waals surface area contributed by atoms with Crippen LogP contribution in [-0.2, 0) is 14.8 Å². The Bertz CT molecular complexity index is 929. The minimum atomic E-state index is -3.78. The first kappa shape index (κ1) is 19.2. The molecule has 0 saturated heterocycles. The molecule has 9 nitrogen and oxygen atoms in total. The quantitative estimate of drug-likeness (QED) is 0.580. The van der Waals surface area contributed by atoms with E-state index in [2.05, 4.69) is 5.32 Å². The Morgan fingerprint density at radius 3 is 2.54 bits per heavy atom. The number of non-ortho nitro benzene ring substituents is 1. The van der Waals surface area contributed by atoms with Crippen molar-refractivity contribution in [3.63, 3.8) is 0 Å². The van der Waals surface area contributed by atoms with Crippen LogP contribution in [0.25, 0.3) is 0 Å². The van der Waals surface area contributed by atoms with Crippen molar-refractivity contribution >= 4 is 33.0 Å². The van der Waals surface area contributed by atoms with E-state index in [4.69, 9.17) is 4.74 Å². The van der Waals surface area contributed by atoms with E-state index in [0.29, 0.717) is 5.75 Å². The van der Waals surface area contributed by atoms with Gasteiger partial charge >= 0.3 is 0 Å². The summed E-state index contributed by atoms with van der Waals surface area (Å²) in [6.07, 6.45) is 0.972. The summed E-state index contributed by atoms with van der Waals surface area (Å²) in [6.45, 7) is -0.512. The SMILES string of the molecule is COc1ccccc1N(CC(=O)Nc1cccc([N+](=O)[O-])c1)S(C)(=O)=O. The lowest BCUT2D eigenvalue weighted by molar-refractivity contribution is -0.384. The standard InChI is InChI=1S/C16H17N3O6S/c1-25-15-9-4-3-8-14(15)18(26(2,23)24)11-16(20)17-12-6-5-7-13(10-12)19(21)22/h3-10H,11H2,1-2H3,(H,17,20). The minimum absolute atomic E-state index is 0.188. The first-order valence-corrected chi connectivity index (χ1v) is 9.22. The maximum absolute atomic E-state index is 12.3. The summed E-state index contributed by atoms with van der Waals surface area (Å²) >= 11 is 0. The number of carbonyl (C=O) groups is 1. The number of para-hydroxylation sites is 2. The number of sulfonamides is 1. The molecule has 0 atom stereocenters. The second-order valence-corrected chi connectivity index (χ2v) is 7.20. The van der Waals surface area contributed by atoms with Crippen molar-refractivity contribution in [2.75, 3.05) is 29.5 Å². The Labute approximate surface area is 150 Å². The van der Waals surface area contributed by atoms with Gasteiger partial charge in [0.05, 0.1) is 24.0 Å². The Kier molecular flexibility index (Phi) is 5.78. The zero-order valence-corrected chi connectivity index (χ0v) is 14.9. The predicted octanol–water partition coefficient (Wildman–Crippen LogP) is 2.01. The molecule has 0 aromatic heterocycles. The molecule has 2 rings (SSSR count). The number of hydrogen-bond donors (Lipinski definition) is 1. The molecule has 1 amide bonds. The van der Waals surface area contributed by atoms with E-state index in [9.17, 15) is 23.3 Å². The molecular weight excluding hydrogens is 362 g/mol. The summed E-state index contributed by atoms with van der Waals surface area (Å²) in [5.74, 6) is -0.358. The monoisotopic (exact) mass is 379 g/mol. The number of nitrogens with zero attached hydrogens (tertiary/aromatic N) is 2. The molecule has 0 saturated carbocycles. The Balaban J connectivity index is 2.25. The third-order valence-electron chi connectivity index (χ3n) is 3.38. The Morgan fingerprint density at radius 2 is 1.92 bits per heavy atom. The van der Waals surface area contributed by atoms with E-state index in [1.807, 2.05) is 0 Å². The molecule has 0 aliphatic carbocycles. The van der Waals surface area contributed by atoms with E-state index in [1.165, 1.54) is 37.4 Å². The van der Waals surface area contributed by atoms with E-state index in [0.717, 1.165) is 10.6 Å². The van der Waals surface area contributed by atoms with Crippen LogP contribution in [0.3, 0.4) is 0 Å². The smallest absolute Gasteiger partial charge is 0.271 e. The topological polar surface area (TPSA) is 119 Å². The van der Waals surface area contributed by atoms with Gasteiger partial charge in [-0.1, -0.05) is 18.2 Å². The molecule has 1 N–H and O–H groups in total. The average Bonchev–Trinajstić information content (AvgIpc) is 2.59. The number of nitrogens with one attached hydrogen (secondary N) is 1. The molecule has 10 heteroatoms. The summed E-state index contributed by atoms with van der Waals surface area (Å²) in [5, 5.41) is 13.3. The second kappa shape index (κ2) is 7.83. The van der Waals surface area contributed by atoms with Crippen LogP contribution in [0.5, 0.6) is 5.75 Å². The highest BCUT2D eigenvalue weighted by Crippen LogP contribution is 2.29. The second-order valence-electron chi connectivity index (χ2n) is 5.30. The van der Waals surface area contributed by atoms with Gasteiger partial charge in [0.1, 0.15) is 12.3 Å². The highest BCUT2D eigenvalue weighted by molar-refractivity contribution is 7.92. The average molecular weight is 379 g/mol. The lowest BCUT2D eigenvalue weighted by atomic mass is 10.2. The first-order valence-electron chi connectivity index (χ1n) is 7.37. The van der Waals surface area contributed by atoms with Crippen molar-refractivity contribution in [3.8, 4) is 5.75 Å². The molecule has 2 aromatic rings. The molecule has 0 unspecified atom stereocenters. The van der Waals surface area contributed by atoms with Crippen molar-refractivity contribution in [3.05, 3.63) is 58.6 Å². The van der Waals surface area contributed by atoms with Crippen molar-refractivity contribution in [1.82, 2.24) is 0 Å². The first-order chi connectivity index (χ1) is 12.2. The van der Waals surface area contributed by atoms with Crippen LogP contribution in [0, 0.1) is 10.1 Å². The van der Waals surface area contributed by atoms with Gasteiger partial charge in [0, 0.05) is 17.8 Å². The van der Waals surface area contributed by atoms with Gasteiger partial charge in [-0.05, 0) is 18.2 Å². The van der Waals surface area contributed by atoms with Gasteiger partial charge in [0.2, 0.25) is 15.9 Å². The van der Waals surface area contributed by atoms with Gasteiger partial charge in [-0.3, -0.25) is 19.2 Å². The highest BCUT2D eigenvalue weighted by atomic mass is 32.2. The molecule has 0 bridgehead atoms. The molecule has 138 valence electrons. The fourth-order valence-electron chi connectivity index (χ4n) is 2.25. The number of amides is 1. The summed E-state index contributed by atoms with van der Waals surface area (Å²) in [7, 11) is -2.38. The lowest BCUT2D eigenvalue weighted by Gasteiger charge is -2.23. The molecule has 0 aliphatic rings. The number of ether oxygens (including phenoxy) is 1. The van der Waals surface area contributed by atoms with E-state index < -0.39 is 27.4 Å². The Morgan fingerprint density at radius 1 is 1.23 bits per heavy atom. The molecule has 0 spiro atoms. The summed E-state index contributed by atoms with van der Waals surface area (Å²) < 4.78 is 30.3. The number of nitro groups is 1. The van der Waals surface area contributed by atoms with E-state index >= 15 is 0 Å². The van der Waals surface area contributed by atoms with Crippen LogP contribution in [0.2, 0.25) is 0 Å². The van der Waals surface area contributed by atoms with Crippen LogP contribution in [-0.4, -0.2) is 39.2 Å². The molecule has 0 aliphatic heterocycles. The van der Waals surface area contributed by atoms with Crippen LogP contribution in [0.15, 0.2) is 48.5 Å². The summed E-state index contributed by atoms with van der Waals surface area (Å²) in [4.78, 5) is 22.5. The van der Waals surface area contributed by atoms with Crippen LogP contribution in [0.4, 0.5) is 17.1 Å². The number of methoxy groups -OCH3 is 1. The maximum atomic E-state index is 12.3. The fraction of sp³-hybridized carbons (Fsp3) is 0.188. The fourth-order valence-corrected chi connectivity index (χ4v) is 3.10. The number of rotatable bonds is 7. The number of benzene rings is 2. The summed E-state index contributed by atoms with van der Waals surface area (Å²) in [5.41, 5.74) is 0.219. The van der Waals surface area contributed by atoms with E-state index in [-0.39, 0.29) is 17.1 Å². The Hall–Kier alpha value is -3.14. The van der Waals surface area contributed by atoms with Gasteiger partial charge in [-0.25, -0.2) is 8.42 Å². The molecule has 0 fully saturated rings. The highest BCUT2D eigenvalue weighted by Gasteiger charge is 2.24. The third-order valence-corrected chi connectivity index (χ3v) is 4.51. The largest absolute Gasteiger partial charge is 0.495 e. The van der Waals surface area contributed by atoms with Gasteiger partial charge in [-0.15, -0.1) is 0 Å². The number of hydrogen-bond acceptors (Lipinski definition) is 6. The normalized spacial score (nSPS) is 10.8. The lowest BCUT2D eigenvalue weighted by Crippen LogP contribution is -2.37. The van der Waals surface area contributed by atoms with Crippen molar-refractivity contribution < 1.29 is 22.9 Å². The van der Waals surface area contributed by atoms with Crippen LogP contribution >= 0.6 is 0 Å². The number of carbonyl (C=O) groups excluding carboxylic acids is 1. The van der Waals surface area contributed by atoms with Crippen molar-refractivity contribution in [1.29, 1.82) is 0 Å². The zero-order valence-electron chi connectivity index (χ0n) is 14.1.